The Morgan fingerprint density at radius 2 is 1.81 bits per heavy atom. The third kappa shape index (κ3) is 7.18. The van der Waals surface area contributed by atoms with E-state index < -0.39 is 21.5 Å². The van der Waals surface area contributed by atoms with Gasteiger partial charge in [0.25, 0.3) is 0 Å². The molecule has 0 radical (unpaired) electrons. The van der Waals surface area contributed by atoms with Gasteiger partial charge in [-0.3, -0.25) is 0 Å². The molecule has 180 valence electrons. The lowest BCUT2D eigenvalue weighted by molar-refractivity contribution is 0.0170. The van der Waals surface area contributed by atoms with E-state index in [-0.39, 0.29) is 16.7 Å². The first kappa shape index (κ1) is 25.0. The second kappa shape index (κ2) is 10.1. The number of hydrogen-bond acceptors (Lipinski definition) is 6. The fourth-order valence-electron chi connectivity index (χ4n) is 4.41. The highest BCUT2D eigenvalue weighted by Gasteiger charge is 2.44. The largest absolute Gasteiger partial charge is 0.444 e. The molecule has 1 saturated carbocycles. The van der Waals surface area contributed by atoms with Gasteiger partial charge in [-0.05, 0) is 82.4 Å². The molecule has 0 aromatic heterocycles. The van der Waals surface area contributed by atoms with Crippen molar-refractivity contribution >= 4 is 15.9 Å². The van der Waals surface area contributed by atoms with Crippen LogP contribution in [-0.4, -0.2) is 61.7 Å². The fourth-order valence-corrected chi connectivity index (χ4v) is 5.79. The number of ether oxygens (including phenoxy) is 2. The molecule has 0 spiro atoms. The number of aliphatic hydroxyl groups excluding tert-OH is 1. The van der Waals surface area contributed by atoms with Crippen molar-refractivity contribution in [3.63, 3.8) is 0 Å². The zero-order valence-electron chi connectivity index (χ0n) is 19.6. The second-order valence-corrected chi connectivity index (χ2v) is 12.3. The fraction of sp³-hybridized carbons (Fsp3) is 0.708. The van der Waals surface area contributed by atoms with E-state index in [0.29, 0.717) is 31.0 Å². The quantitative estimate of drug-likeness (QED) is 0.627. The standard InChI is InChI=1S/C24H37NO6S/c1-17(26)16-32(28,29)21-7-5-18(6-8-21)14-30-15-20-13-22(20)19-9-11-25(12-10-19)23(27)31-24(2,3)4/h5-8,17,19-20,22,26H,9-16H2,1-4H3. The molecule has 1 saturated heterocycles. The number of carbonyl (C=O) groups is 1. The summed E-state index contributed by atoms with van der Waals surface area (Å²) in [7, 11) is -3.46. The van der Waals surface area contributed by atoms with Gasteiger partial charge in [-0.1, -0.05) is 12.1 Å². The predicted molar refractivity (Wildman–Crippen MR) is 122 cm³/mol. The molecule has 1 N–H and O–H groups in total. The first-order valence-corrected chi connectivity index (χ1v) is 13.2. The Balaban J connectivity index is 1.36. The molecule has 2 fully saturated rings. The monoisotopic (exact) mass is 467 g/mol. The summed E-state index contributed by atoms with van der Waals surface area (Å²) < 4.78 is 35.7. The number of benzene rings is 1. The highest BCUT2D eigenvalue weighted by Crippen LogP contribution is 2.48. The van der Waals surface area contributed by atoms with Crippen molar-refractivity contribution < 1.29 is 27.8 Å². The molecular formula is C24H37NO6S. The lowest BCUT2D eigenvalue weighted by Gasteiger charge is -2.33. The van der Waals surface area contributed by atoms with Gasteiger partial charge in [0.2, 0.25) is 0 Å². The summed E-state index contributed by atoms with van der Waals surface area (Å²) in [5.41, 5.74) is 0.475. The predicted octanol–water partition coefficient (Wildman–Crippen LogP) is 3.64. The summed E-state index contributed by atoms with van der Waals surface area (Å²) in [4.78, 5) is 14.3. The summed E-state index contributed by atoms with van der Waals surface area (Å²) in [6.07, 6.45) is 2.11. The van der Waals surface area contributed by atoms with Crippen LogP contribution in [0.2, 0.25) is 0 Å². The van der Waals surface area contributed by atoms with Crippen LogP contribution in [0.4, 0.5) is 4.79 Å². The molecule has 3 unspecified atom stereocenters. The van der Waals surface area contributed by atoms with Crippen LogP contribution in [0.25, 0.3) is 0 Å². The van der Waals surface area contributed by atoms with Crippen molar-refractivity contribution in [1.82, 2.24) is 4.90 Å². The summed E-state index contributed by atoms with van der Waals surface area (Å²) in [6, 6.07) is 6.70. The van der Waals surface area contributed by atoms with Crippen LogP contribution < -0.4 is 0 Å². The molecule has 2 aliphatic rings. The van der Waals surface area contributed by atoms with Gasteiger partial charge in [0.05, 0.1) is 30.0 Å². The number of amides is 1. The van der Waals surface area contributed by atoms with Gasteiger partial charge in [-0.15, -0.1) is 0 Å². The minimum Gasteiger partial charge on any atom is -0.444 e. The maximum atomic E-state index is 12.2. The Hall–Kier alpha value is -1.64. The lowest BCUT2D eigenvalue weighted by Crippen LogP contribution is -2.42. The van der Waals surface area contributed by atoms with Gasteiger partial charge >= 0.3 is 6.09 Å². The zero-order chi connectivity index (χ0) is 23.5. The van der Waals surface area contributed by atoms with E-state index in [1.807, 2.05) is 25.7 Å². The van der Waals surface area contributed by atoms with Crippen molar-refractivity contribution in [2.24, 2.45) is 17.8 Å². The minimum atomic E-state index is -3.46. The van der Waals surface area contributed by atoms with Crippen LogP contribution in [0.5, 0.6) is 0 Å². The molecule has 0 bridgehead atoms. The van der Waals surface area contributed by atoms with E-state index in [9.17, 15) is 18.3 Å². The first-order valence-electron chi connectivity index (χ1n) is 11.5. The van der Waals surface area contributed by atoms with E-state index >= 15 is 0 Å². The number of hydrogen-bond donors (Lipinski definition) is 1. The highest BCUT2D eigenvalue weighted by molar-refractivity contribution is 7.91. The van der Waals surface area contributed by atoms with Gasteiger partial charge in [-0.25, -0.2) is 13.2 Å². The normalized spacial score (nSPS) is 23.1. The Morgan fingerprint density at radius 3 is 2.38 bits per heavy atom. The van der Waals surface area contributed by atoms with Gasteiger partial charge in [-0.2, -0.15) is 0 Å². The maximum absolute atomic E-state index is 12.2. The van der Waals surface area contributed by atoms with Gasteiger partial charge in [0.1, 0.15) is 5.60 Å². The Labute approximate surface area is 192 Å². The van der Waals surface area contributed by atoms with Gasteiger partial charge in [0.15, 0.2) is 9.84 Å². The summed E-state index contributed by atoms with van der Waals surface area (Å²) in [5.74, 6) is 1.60. The smallest absolute Gasteiger partial charge is 0.410 e. The zero-order valence-corrected chi connectivity index (χ0v) is 20.4. The molecule has 1 amide bonds. The molecule has 7 nitrogen and oxygen atoms in total. The van der Waals surface area contributed by atoms with Gasteiger partial charge in [0, 0.05) is 13.1 Å². The van der Waals surface area contributed by atoms with Crippen LogP contribution in [0, 0.1) is 17.8 Å². The highest BCUT2D eigenvalue weighted by atomic mass is 32.2. The average Bonchev–Trinajstić information content (AvgIpc) is 3.46. The van der Waals surface area contributed by atoms with Crippen molar-refractivity contribution in [2.75, 3.05) is 25.4 Å². The summed E-state index contributed by atoms with van der Waals surface area (Å²) >= 11 is 0. The molecule has 1 aliphatic carbocycles. The summed E-state index contributed by atoms with van der Waals surface area (Å²) in [6.45, 7) is 9.81. The summed E-state index contributed by atoms with van der Waals surface area (Å²) in [5, 5.41) is 9.35. The number of nitrogens with zero attached hydrogens (tertiary/aromatic N) is 1. The van der Waals surface area contributed by atoms with E-state index in [1.165, 1.54) is 13.3 Å². The molecule has 1 aliphatic heterocycles. The molecule has 3 atom stereocenters. The van der Waals surface area contributed by atoms with Crippen LogP contribution in [0.1, 0.15) is 52.5 Å². The number of carbonyl (C=O) groups excluding carboxylic acids is 1. The first-order chi connectivity index (χ1) is 14.9. The number of rotatable bonds is 8. The number of sulfone groups is 1. The third-order valence-electron chi connectivity index (χ3n) is 6.12. The van der Waals surface area contributed by atoms with Crippen molar-refractivity contribution in [2.45, 2.75) is 70.2 Å². The lowest BCUT2D eigenvalue weighted by atomic mass is 9.91. The van der Waals surface area contributed by atoms with Crippen LogP contribution in [0.15, 0.2) is 29.2 Å². The van der Waals surface area contributed by atoms with E-state index in [1.54, 1.807) is 24.3 Å². The van der Waals surface area contributed by atoms with Crippen LogP contribution in [-0.2, 0) is 25.9 Å². The molecule has 3 rings (SSSR count). The molecule has 1 aromatic rings. The number of aliphatic hydroxyl groups is 1. The third-order valence-corrected chi connectivity index (χ3v) is 8.03. The van der Waals surface area contributed by atoms with Crippen molar-refractivity contribution in [1.29, 1.82) is 0 Å². The van der Waals surface area contributed by atoms with Crippen molar-refractivity contribution in [3.8, 4) is 0 Å². The molecular weight excluding hydrogens is 430 g/mol. The molecule has 8 heteroatoms. The van der Waals surface area contributed by atoms with E-state index in [2.05, 4.69) is 0 Å². The second-order valence-electron chi connectivity index (χ2n) is 10.3. The maximum Gasteiger partial charge on any atom is 0.410 e. The number of likely N-dealkylation sites (tertiary alicyclic amines) is 1. The number of piperidine rings is 1. The van der Waals surface area contributed by atoms with E-state index in [0.717, 1.165) is 31.5 Å². The van der Waals surface area contributed by atoms with Crippen LogP contribution >= 0.6 is 0 Å². The Bertz CT molecular complexity index is 867. The topological polar surface area (TPSA) is 93.1 Å². The Kier molecular flexibility index (Phi) is 7.89. The van der Waals surface area contributed by atoms with Crippen molar-refractivity contribution in [3.05, 3.63) is 29.8 Å². The molecule has 1 heterocycles. The Morgan fingerprint density at radius 1 is 1.19 bits per heavy atom. The SMILES string of the molecule is CC(O)CS(=O)(=O)c1ccc(COCC2CC2C2CCN(C(=O)OC(C)(C)C)CC2)cc1. The van der Waals surface area contributed by atoms with Crippen LogP contribution in [0.3, 0.4) is 0 Å². The molecule has 1 aromatic carbocycles. The molecule has 32 heavy (non-hydrogen) atoms. The van der Waals surface area contributed by atoms with Gasteiger partial charge < -0.3 is 19.5 Å². The minimum absolute atomic E-state index is 0.212. The average molecular weight is 468 g/mol. The van der Waals surface area contributed by atoms with E-state index in [4.69, 9.17) is 9.47 Å².